The highest BCUT2D eigenvalue weighted by Crippen LogP contribution is 2.47. The van der Waals surface area contributed by atoms with E-state index >= 15 is 0 Å². The maximum Gasteiger partial charge on any atom is 0.336 e. The topological polar surface area (TPSA) is 96.3 Å². The third-order valence-corrected chi connectivity index (χ3v) is 10.2. The first-order valence-corrected chi connectivity index (χ1v) is 19.4. The predicted octanol–water partition coefficient (Wildman–Crippen LogP) is 13.1. The Morgan fingerprint density at radius 2 is 1.17 bits per heavy atom. The van der Waals surface area contributed by atoms with Crippen molar-refractivity contribution in [3.63, 3.8) is 0 Å². The van der Waals surface area contributed by atoms with E-state index in [0.29, 0.717) is 55.3 Å². The number of para-hydroxylation sites is 2. The molecule has 0 aliphatic heterocycles. The van der Waals surface area contributed by atoms with Crippen LogP contribution in [0.1, 0.15) is 21.6 Å². The number of carboxylic acid groups (broad SMARTS) is 1. The van der Waals surface area contributed by atoms with Crippen LogP contribution in [0.4, 0.5) is 0 Å². The summed E-state index contributed by atoms with van der Waals surface area (Å²) in [4.78, 5) is 17.3. The Hall–Kier alpha value is -7.07. The van der Waals surface area contributed by atoms with E-state index in [9.17, 15) is 9.90 Å². The van der Waals surface area contributed by atoms with Crippen LogP contribution in [0, 0.1) is 0 Å². The highest BCUT2D eigenvalue weighted by Gasteiger charge is 2.21. The lowest BCUT2D eigenvalue weighted by Crippen LogP contribution is -2.01. The van der Waals surface area contributed by atoms with Gasteiger partial charge in [-0.15, -0.1) is 11.3 Å². The molecule has 0 radical (unpaired) electrons. The molecule has 0 bridgehead atoms. The molecule has 0 amide bonds. The second-order valence-electron chi connectivity index (χ2n) is 12.9. The highest BCUT2D eigenvalue weighted by atomic mass is 35.5. The first-order chi connectivity index (χ1) is 28.4. The summed E-state index contributed by atoms with van der Waals surface area (Å²) < 4.78 is 32.4. The normalized spacial score (nSPS) is 11.2. The number of nitrogens with zero attached hydrogens (tertiary/aromatic N) is 1. The third kappa shape index (κ3) is 9.47. The van der Waals surface area contributed by atoms with Crippen molar-refractivity contribution in [1.29, 1.82) is 0 Å². The number of aromatic nitrogens is 1. The molecule has 0 saturated carbocycles. The summed E-state index contributed by atoms with van der Waals surface area (Å²) in [6, 6.07) is 48.7. The fraction of sp³-hybridized carbons (Fsp3) is 0.0417. The van der Waals surface area contributed by atoms with Gasteiger partial charge in [-0.25, -0.2) is 4.79 Å². The molecule has 58 heavy (non-hydrogen) atoms. The summed E-state index contributed by atoms with van der Waals surface area (Å²) in [6.45, 7) is 0.445. The van der Waals surface area contributed by atoms with Gasteiger partial charge in [0.2, 0.25) is 0 Å². The van der Waals surface area contributed by atoms with Crippen molar-refractivity contribution < 1.29 is 33.6 Å². The largest absolute Gasteiger partial charge is 0.485 e. The first kappa shape index (κ1) is 37.8. The lowest BCUT2D eigenvalue weighted by atomic mass is 10.1. The molecule has 1 N–H and O–H groups in total. The van der Waals surface area contributed by atoms with E-state index in [4.69, 9.17) is 35.3 Å². The molecule has 8 aromatic rings. The molecule has 2 aromatic heterocycles. The van der Waals surface area contributed by atoms with Crippen molar-refractivity contribution in [2.45, 2.75) is 13.2 Å². The molecule has 10 heteroatoms. The fourth-order valence-electron chi connectivity index (χ4n) is 6.00. The SMILES string of the molecule is O=C(O)/C(=C/c1sc2cc(OCc3ccc(Oc4ccccc4)cc3)c(OCc3cccc(Oc4ccccc4)c3)cc2c1Oc1ccc(Cl)cc1)c1ccncc1. The Balaban J connectivity index is 1.16. The molecule has 2 heterocycles. The van der Waals surface area contributed by atoms with Gasteiger partial charge in [-0.1, -0.05) is 72.3 Å². The molecule has 0 atom stereocenters. The van der Waals surface area contributed by atoms with E-state index in [1.807, 2.05) is 121 Å². The van der Waals surface area contributed by atoms with Crippen molar-refractivity contribution in [2.24, 2.45) is 0 Å². The van der Waals surface area contributed by atoms with Crippen LogP contribution in [0.3, 0.4) is 0 Å². The van der Waals surface area contributed by atoms with Crippen molar-refractivity contribution in [1.82, 2.24) is 4.98 Å². The number of hydrogen-bond donors (Lipinski definition) is 1. The second kappa shape index (κ2) is 17.8. The van der Waals surface area contributed by atoms with Crippen molar-refractivity contribution in [2.75, 3.05) is 0 Å². The van der Waals surface area contributed by atoms with Gasteiger partial charge in [0.05, 0.1) is 10.5 Å². The number of carbonyl (C=O) groups is 1. The zero-order valence-electron chi connectivity index (χ0n) is 30.8. The zero-order valence-corrected chi connectivity index (χ0v) is 32.4. The molecular weight excluding hydrogens is 770 g/mol. The average molecular weight is 804 g/mol. The van der Waals surface area contributed by atoms with Crippen LogP contribution < -0.4 is 23.7 Å². The highest BCUT2D eigenvalue weighted by molar-refractivity contribution is 7.20. The van der Waals surface area contributed by atoms with Gasteiger partial charge < -0.3 is 28.8 Å². The molecule has 0 aliphatic rings. The van der Waals surface area contributed by atoms with E-state index in [1.165, 1.54) is 11.3 Å². The van der Waals surface area contributed by atoms with Gasteiger partial charge in [0.25, 0.3) is 0 Å². The Morgan fingerprint density at radius 1 is 0.603 bits per heavy atom. The van der Waals surface area contributed by atoms with Gasteiger partial charge in [0, 0.05) is 33.6 Å². The minimum Gasteiger partial charge on any atom is -0.485 e. The monoisotopic (exact) mass is 803 g/mol. The Bertz CT molecular complexity index is 2670. The van der Waals surface area contributed by atoms with Crippen LogP contribution in [-0.2, 0) is 18.0 Å². The van der Waals surface area contributed by atoms with Crippen LogP contribution in [0.5, 0.6) is 46.0 Å². The molecule has 0 spiro atoms. The number of aliphatic carboxylic acids is 1. The van der Waals surface area contributed by atoms with Gasteiger partial charge >= 0.3 is 5.97 Å². The molecule has 0 aliphatic carbocycles. The van der Waals surface area contributed by atoms with Crippen LogP contribution in [0.2, 0.25) is 5.02 Å². The number of carboxylic acids is 1. The third-order valence-electron chi connectivity index (χ3n) is 8.83. The lowest BCUT2D eigenvalue weighted by molar-refractivity contribution is -0.130. The molecule has 0 fully saturated rings. The van der Waals surface area contributed by atoms with Gasteiger partial charge in [0.1, 0.15) is 42.0 Å². The Morgan fingerprint density at radius 3 is 1.84 bits per heavy atom. The molecule has 6 aromatic carbocycles. The van der Waals surface area contributed by atoms with E-state index in [1.54, 1.807) is 54.9 Å². The molecule has 0 saturated heterocycles. The zero-order chi connectivity index (χ0) is 39.7. The second-order valence-corrected chi connectivity index (χ2v) is 14.5. The first-order valence-electron chi connectivity index (χ1n) is 18.2. The number of ether oxygens (including phenoxy) is 5. The molecule has 0 unspecified atom stereocenters. The smallest absolute Gasteiger partial charge is 0.336 e. The maximum atomic E-state index is 12.6. The minimum absolute atomic E-state index is 0.0835. The standard InChI is InChI=1S/C48H34ClNO7S/c49-35-16-20-39(21-17-35)57-47-42-27-43(54-31-33-8-7-13-40(26-33)56-37-11-5-2-6-12-37)44(53-30-32-14-18-38(19-15-32)55-36-9-3-1-4-10-36)29-45(42)58-46(47)28-41(48(51)52)34-22-24-50-25-23-34/h1-29H,30-31H2,(H,51,52)/b41-28+. The van der Waals surface area contributed by atoms with Crippen molar-refractivity contribution in [3.05, 3.63) is 197 Å². The summed E-state index contributed by atoms with van der Waals surface area (Å²) in [5, 5.41) is 11.6. The molecular formula is C48H34ClNO7S. The predicted molar refractivity (Wildman–Crippen MR) is 228 cm³/mol. The van der Waals surface area contributed by atoms with Crippen LogP contribution in [0.15, 0.2) is 170 Å². The summed E-state index contributed by atoms with van der Waals surface area (Å²) in [6.07, 6.45) is 4.73. The van der Waals surface area contributed by atoms with Crippen molar-refractivity contribution in [3.8, 4) is 46.0 Å². The van der Waals surface area contributed by atoms with Crippen LogP contribution in [-0.4, -0.2) is 16.1 Å². The number of pyridine rings is 1. The summed E-state index contributed by atoms with van der Waals surface area (Å²) in [5.74, 6) is 3.72. The molecule has 286 valence electrons. The van der Waals surface area contributed by atoms with E-state index in [0.717, 1.165) is 27.3 Å². The van der Waals surface area contributed by atoms with E-state index in [-0.39, 0.29) is 18.8 Å². The summed E-state index contributed by atoms with van der Waals surface area (Å²) in [5.41, 5.74) is 2.38. The lowest BCUT2D eigenvalue weighted by Gasteiger charge is -2.15. The van der Waals surface area contributed by atoms with E-state index in [2.05, 4.69) is 4.98 Å². The number of hydrogen-bond acceptors (Lipinski definition) is 8. The Kier molecular flexibility index (Phi) is 11.6. The Labute approximate surface area is 343 Å². The van der Waals surface area contributed by atoms with Gasteiger partial charge in [0.15, 0.2) is 17.2 Å². The average Bonchev–Trinajstić information content (AvgIpc) is 3.58. The van der Waals surface area contributed by atoms with Crippen LogP contribution in [0.25, 0.3) is 21.7 Å². The number of thiophene rings is 1. The van der Waals surface area contributed by atoms with Gasteiger partial charge in [-0.3, -0.25) is 4.98 Å². The number of benzene rings is 6. The quantitative estimate of drug-likeness (QED) is 0.102. The van der Waals surface area contributed by atoms with Gasteiger partial charge in [-0.05, 0) is 114 Å². The van der Waals surface area contributed by atoms with Crippen molar-refractivity contribution >= 4 is 50.6 Å². The fourth-order valence-corrected chi connectivity index (χ4v) is 7.21. The molecule has 8 rings (SSSR count). The molecule has 8 nitrogen and oxygen atoms in total. The van der Waals surface area contributed by atoms with E-state index < -0.39 is 5.97 Å². The summed E-state index contributed by atoms with van der Waals surface area (Å²) >= 11 is 7.58. The number of rotatable bonds is 15. The number of halogens is 1. The maximum absolute atomic E-state index is 12.6. The number of fused-ring (bicyclic) bond motifs is 1. The summed E-state index contributed by atoms with van der Waals surface area (Å²) in [7, 11) is 0. The minimum atomic E-state index is -1.09. The van der Waals surface area contributed by atoms with Gasteiger partial charge in [-0.2, -0.15) is 0 Å². The van der Waals surface area contributed by atoms with Crippen LogP contribution >= 0.6 is 22.9 Å².